The lowest BCUT2D eigenvalue weighted by Crippen LogP contribution is -2.34. The minimum atomic E-state index is -0.409. The van der Waals surface area contributed by atoms with Crippen molar-refractivity contribution in [3.8, 4) is 5.75 Å². The highest BCUT2D eigenvalue weighted by molar-refractivity contribution is 9.10. The molecule has 0 saturated carbocycles. The predicted octanol–water partition coefficient (Wildman–Crippen LogP) is 4.88. The van der Waals surface area contributed by atoms with Gasteiger partial charge in [-0.15, -0.1) is 0 Å². The Balaban J connectivity index is 1.85. The third-order valence-corrected chi connectivity index (χ3v) is 4.71. The van der Waals surface area contributed by atoms with Crippen LogP contribution in [0.15, 0.2) is 59.1 Å². The van der Waals surface area contributed by atoms with E-state index in [0.29, 0.717) is 21.5 Å². The van der Waals surface area contributed by atoms with Crippen molar-refractivity contribution < 1.29 is 13.9 Å². The molecule has 0 heterocycles. The van der Waals surface area contributed by atoms with E-state index >= 15 is 0 Å². The first-order valence-electron chi connectivity index (χ1n) is 7.62. The number of nitrogens with one attached hydrogen (secondary N) is 2. The van der Waals surface area contributed by atoms with Crippen LogP contribution >= 0.6 is 28.1 Å². The first kappa shape index (κ1) is 18.3. The van der Waals surface area contributed by atoms with Crippen LogP contribution in [0.3, 0.4) is 0 Å². The van der Waals surface area contributed by atoms with Crippen LogP contribution < -0.4 is 15.4 Å². The van der Waals surface area contributed by atoms with Crippen LogP contribution in [0.4, 0.5) is 10.1 Å². The van der Waals surface area contributed by atoms with E-state index < -0.39 is 5.91 Å². The van der Waals surface area contributed by atoms with Gasteiger partial charge in [-0.25, -0.2) is 4.39 Å². The molecule has 1 amide bonds. The zero-order chi connectivity index (χ0) is 18.7. The molecule has 4 nitrogen and oxygen atoms in total. The van der Waals surface area contributed by atoms with Gasteiger partial charge in [0.05, 0.1) is 17.1 Å². The number of hydrogen-bond donors (Lipinski definition) is 2. The third-order valence-electron chi connectivity index (χ3n) is 3.72. The fourth-order valence-electron chi connectivity index (χ4n) is 2.52. The molecule has 3 rings (SSSR count). The summed E-state index contributed by atoms with van der Waals surface area (Å²) in [4.78, 5) is 12.7. The summed E-state index contributed by atoms with van der Waals surface area (Å²) in [7, 11) is 1.50. The number of thiocarbonyl (C=S) groups is 1. The van der Waals surface area contributed by atoms with E-state index in [1.54, 1.807) is 6.07 Å². The van der Waals surface area contributed by atoms with Crippen molar-refractivity contribution >= 4 is 55.6 Å². The predicted molar refractivity (Wildman–Crippen MR) is 108 cm³/mol. The van der Waals surface area contributed by atoms with Gasteiger partial charge < -0.3 is 10.1 Å². The standard InChI is InChI=1S/C19H14BrFN2O2S/c1-25-17-15(10-11-4-2-3-5-14(11)16(17)20)18(24)23-19(26)22-13-8-6-12(21)7-9-13/h2-10H,1H3,(H2,22,23,24,26). The van der Waals surface area contributed by atoms with Crippen LogP contribution in [0.1, 0.15) is 10.4 Å². The highest BCUT2D eigenvalue weighted by Gasteiger charge is 2.19. The number of carbonyl (C=O) groups excluding carboxylic acids is 1. The lowest BCUT2D eigenvalue weighted by atomic mass is 10.1. The summed E-state index contributed by atoms with van der Waals surface area (Å²) in [5.41, 5.74) is 0.921. The van der Waals surface area contributed by atoms with E-state index in [1.807, 2.05) is 24.3 Å². The Bertz CT molecular complexity index is 993. The second kappa shape index (κ2) is 7.80. The van der Waals surface area contributed by atoms with Crippen molar-refractivity contribution in [2.24, 2.45) is 0 Å². The number of fused-ring (bicyclic) bond motifs is 1. The Morgan fingerprint density at radius 3 is 2.54 bits per heavy atom. The average molecular weight is 433 g/mol. The normalized spacial score (nSPS) is 10.4. The number of halogens is 2. The largest absolute Gasteiger partial charge is 0.495 e. The Morgan fingerprint density at radius 1 is 1.15 bits per heavy atom. The van der Waals surface area contributed by atoms with Gasteiger partial charge >= 0.3 is 0 Å². The third kappa shape index (κ3) is 3.84. The molecule has 7 heteroatoms. The Hall–Kier alpha value is -2.51. The molecule has 0 spiro atoms. The van der Waals surface area contributed by atoms with Crippen molar-refractivity contribution in [3.05, 3.63) is 70.5 Å². The molecule has 0 bridgehead atoms. The van der Waals surface area contributed by atoms with Crippen LogP contribution in [0, 0.1) is 5.82 Å². The van der Waals surface area contributed by atoms with Crippen LogP contribution in [0.5, 0.6) is 5.75 Å². The quantitative estimate of drug-likeness (QED) is 0.579. The van der Waals surface area contributed by atoms with Crippen molar-refractivity contribution in [3.63, 3.8) is 0 Å². The average Bonchev–Trinajstić information content (AvgIpc) is 2.63. The molecule has 132 valence electrons. The van der Waals surface area contributed by atoms with Crippen LogP contribution in [0.2, 0.25) is 0 Å². The maximum absolute atomic E-state index is 13.0. The van der Waals surface area contributed by atoms with Gasteiger partial charge in [0.2, 0.25) is 0 Å². The molecule has 0 fully saturated rings. The van der Waals surface area contributed by atoms with Crippen LogP contribution in [-0.4, -0.2) is 18.1 Å². The highest BCUT2D eigenvalue weighted by atomic mass is 79.9. The monoisotopic (exact) mass is 432 g/mol. The molecule has 0 aliphatic heterocycles. The number of amides is 1. The van der Waals surface area contributed by atoms with Gasteiger partial charge in [0.15, 0.2) is 5.11 Å². The second-order valence-electron chi connectivity index (χ2n) is 5.41. The molecule has 0 atom stereocenters. The van der Waals surface area contributed by atoms with Crippen molar-refractivity contribution in [1.82, 2.24) is 5.32 Å². The molecule has 3 aromatic carbocycles. The zero-order valence-corrected chi connectivity index (χ0v) is 16.1. The fourth-order valence-corrected chi connectivity index (χ4v) is 3.47. The number of benzene rings is 3. The highest BCUT2D eigenvalue weighted by Crippen LogP contribution is 2.36. The first-order chi connectivity index (χ1) is 12.5. The summed E-state index contributed by atoms with van der Waals surface area (Å²) in [6, 6.07) is 15.1. The summed E-state index contributed by atoms with van der Waals surface area (Å²) in [6.45, 7) is 0. The zero-order valence-electron chi connectivity index (χ0n) is 13.7. The minimum Gasteiger partial charge on any atom is -0.495 e. The lowest BCUT2D eigenvalue weighted by molar-refractivity contribution is 0.0975. The second-order valence-corrected chi connectivity index (χ2v) is 6.61. The topological polar surface area (TPSA) is 50.4 Å². The van der Waals surface area contributed by atoms with E-state index in [-0.39, 0.29) is 10.9 Å². The van der Waals surface area contributed by atoms with Crippen LogP contribution in [0.25, 0.3) is 10.8 Å². The summed E-state index contributed by atoms with van der Waals surface area (Å²) >= 11 is 8.66. The van der Waals surface area contributed by atoms with Gasteiger partial charge in [0.1, 0.15) is 11.6 Å². The molecular weight excluding hydrogens is 419 g/mol. The Kier molecular flexibility index (Phi) is 5.49. The molecular formula is C19H14BrFN2O2S. The fraction of sp³-hybridized carbons (Fsp3) is 0.0526. The summed E-state index contributed by atoms with van der Waals surface area (Å²) < 4.78 is 19.1. The van der Waals surface area contributed by atoms with Crippen molar-refractivity contribution in [2.75, 3.05) is 12.4 Å². The van der Waals surface area contributed by atoms with Gasteiger partial charge in [-0.05, 0) is 69.3 Å². The van der Waals surface area contributed by atoms with Crippen molar-refractivity contribution in [1.29, 1.82) is 0 Å². The summed E-state index contributed by atoms with van der Waals surface area (Å²) in [5, 5.41) is 7.39. The molecule has 0 radical (unpaired) electrons. The molecule has 0 aliphatic carbocycles. The van der Waals surface area contributed by atoms with E-state index in [0.717, 1.165) is 10.8 Å². The molecule has 2 N–H and O–H groups in total. The smallest absolute Gasteiger partial charge is 0.261 e. The molecule has 26 heavy (non-hydrogen) atoms. The maximum atomic E-state index is 13.0. The number of ether oxygens (including phenoxy) is 1. The Morgan fingerprint density at radius 2 is 1.85 bits per heavy atom. The lowest BCUT2D eigenvalue weighted by Gasteiger charge is -2.14. The number of carbonyl (C=O) groups is 1. The molecule has 0 aromatic heterocycles. The molecule has 0 saturated heterocycles. The number of hydrogen-bond acceptors (Lipinski definition) is 3. The number of rotatable bonds is 3. The van der Waals surface area contributed by atoms with E-state index in [1.165, 1.54) is 31.4 Å². The SMILES string of the molecule is COc1c(C(=O)NC(=S)Nc2ccc(F)cc2)cc2ccccc2c1Br. The number of methoxy groups -OCH3 is 1. The maximum Gasteiger partial charge on any atom is 0.261 e. The summed E-state index contributed by atoms with van der Waals surface area (Å²) in [5.74, 6) is -0.338. The van der Waals surface area contributed by atoms with Gasteiger partial charge in [-0.3, -0.25) is 10.1 Å². The Labute approximate surface area is 163 Å². The van der Waals surface area contributed by atoms with Crippen LogP contribution in [-0.2, 0) is 0 Å². The van der Waals surface area contributed by atoms with Gasteiger partial charge in [-0.2, -0.15) is 0 Å². The van der Waals surface area contributed by atoms with E-state index in [2.05, 4.69) is 26.6 Å². The number of anilines is 1. The van der Waals surface area contributed by atoms with Crippen molar-refractivity contribution in [2.45, 2.75) is 0 Å². The molecule has 0 unspecified atom stereocenters. The van der Waals surface area contributed by atoms with E-state index in [4.69, 9.17) is 17.0 Å². The van der Waals surface area contributed by atoms with Gasteiger partial charge in [-0.1, -0.05) is 24.3 Å². The summed E-state index contributed by atoms with van der Waals surface area (Å²) in [6.07, 6.45) is 0. The molecule has 3 aromatic rings. The van der Waals surface area contributed by atoms with E-state index in [9.17, 15) is 9.18 Å². The molecule has 0 aliphatic rings. The first-order valence-corrected chi connectivity index (χ1v) is 8.83. The van der Waals surface area contributed by atoms with Gasteiger partial charge in [0.25, 0.3) is 5.91 Å². The minimum absolute atomic E-state index is 0.105. The van der Waals surface area contributed by atoms with Gasteiger partial charge in [0, 0.05) is 5.69 Å².